The molecule has 0 aromatic heterocycles. The van der Waals surface area contributed by atoms with E-state index in [0.717, 1.165) is 29.6 Å². The second kappa shape index (κ2) is 8.12. The van der Waals surface area contributed by atoms with Gasteiger partial charge in [-0.25, -0.2) is 0 Å². The van der Waals surface area contributed by atoms with Crippen molar-refractivity contribution in [3.05, 3.63) is 42.0 Å². The minimum Gasteiger partial charge on any atom is -0.406 e. The van der Waals surface area contributed by atoms with Crippen molar-refractivity contribution < 1.29 is 17.9 Å². The quantitative estimate of drug-likeness (QED) is 0.484. The van der Waals surface area contributed by atoms with Crippen molar-refractivity contribution in [3.8, 4) is 5.75 Å². The highest BCUT2D eigenvalue weighted by Gasteiger charge is 2.44. The lowest BCUT2D eigenvalue weighted by Crippen LogP contribution is -2.41. The minimum atomic E-state index is -4.62. The molecule has 0 radical (unpaired) electrons. The summed E-state index contributed by atoms with van der Waals surface area (Å²) in [5.74, 6) is 4.63. The molecule has 0 bridgehead atoms. The molecule has 3 aliphatic rings. The Morgan fingerprint density at radius 2 is 1.50 bits per heavy atom. The zero-order chi connectivity index (χ0) is 19.7. The van der Waals surface area contributed by atoms with Crippen molar-refractivity contribution in [2.75, 3.05) is 0 Å². The monoisotopic (exact) mass is 392 g/mol. The molecule has 0 spiro atoms. The number of fused-ring (bicyclic) bond motifs is 3. The number of alkyl halides is 3. The largest absolute Gasteiger partial charge is 0.573 e. The molecule has 0 heterocycles. The lowest BCUT2D eigenvalue weighted by atomic mass is 9.55. The van der Waals surface area contributed by atoms with Crippen LogP contribution >= 0.6 is 0 Å². The normalized spacial score (nSPS) is 36.0. The molecule has 3 fully saturated rings. The zero-order valence-corrected chi connectivity index (χ0v) is 16.6. The first-order valence-electron chi connectivity index (χ1n) is 10.9. The third kappa shape index (κ3) is 4.41. The van der Waals surface area contributed by atoms with Gasteiger partial charge in [0.25, 0.3) is 0 Å². The molecule has 6 unspecified atom stereocenters. The van der Waals surface area contributed by atoms with Crippen molar-refractivity contribution in [1.82, 2.24) is 0 Å². The predicted octanol–water partition coefficient (Wildman–Crippen LogP) is 7.49. The summed E-state index contributed by atoms with van der Waals surface area (Å²) in [6.45, 7) is 2.13. The zero-order valence-electron chi connectivity index (χ0n) is 16.6. The van der Waals surface area contributed by atoms with Gasteiger partial charge in [0.15, 0.2) is 0 Å². The summed E-state index contributed by atoms with van der Waals surface area (Å²) in [5, 5.41) is 0. The number of rotatable bonds is 3. The summed E-state index contributed by atoms with van der Waals surface area (Å²) in [6, 6.07) is 6.60. The second-order valence-electron chi connectivity index (χ2n) is 9.15. The van der Waals surface area contributed by atoms with E-state index in [1.807, 2.05) is 12.1 Å². The molecule has 0 aliphatic heterocycles. The third-order valence-electron chi connectivity index (χ3n) is 7.63. The molecular weight excluding hydrogens is 361 g/mol. The molecule has 1 aromatic carbocycles. The van der Waals surface area contributed by atoms with Crippen LogP contribution in [0.5, 0.6) is 5.75 Å². The van der Waals surface area contributed by atoms with E-state index in [1.165, 1.54) is 69.1 Å². The van der Waals surface area contributed by atoms with Gasteiger partial charge < -0.3 is 4.74 Å². The van der Waals surface area contributed by atoms with Gasteiger partial charge in [-0.3, -0.25) is 0 Å². The van der Waals surface area contributed by atoms with Gasteiger partial charge in [-0.1, -0.05) is 24.3 Å². The summed E-state index contributed by atoms with van der Waals surface area (Å²) >= 11 is 0. The Balaban J connectivity index is 1.37. The highest BCUT2D eigenvalue weighted by atomic mass is 19.4. The van der Waals surface area contributed by atoms with Gasteiger partial charge in [0.1, 0.15) is 5.75 Å². The molecule has 4 heteroatoms. The van der Waals surface area contributed by atoms with E-state index in [0.29, 0.717) is 5.92 Å². The van der Waals surface area contributed by atoms with Crippen LogP contribution in [0.3, 0.4) is 0 Å². The first-order valence-corrected chi connectivity index (χ1v) is 10.9. The van der Waals surface area contributed by atoms with Gasteiger partial charge in [-0.2, -0.15) is 0 Å². The average molecular weight is 393 g/mol. The number of allylic oxidation sites excluding steroid dienone is 2. The number of hydrogen-bond donors (Lipinski definition) is 0. The van der Waals surface area contributed by atoms with E-state index in [1.54, 1.807) is 0 Å². The van der Waals surface area contributed by atoms with Crippen LogP contribution in [0.15, 0.2) is 36.4 Å². The SMILES string of the molecule is CC=CC1CCC2C(CCC3CC(c4ccc(OC(F)(F)F)cc4)CCC32)C1. The van der Waals surface area contributed by atoms with Crippen LogP contribution in [0.2, 0.25) is 0 Å². The fourth-order valence-corrected chi connectivity index (χ4v) is 6.52. The summed E-state index contributed by atoms with van der Waals surface area (Å²) in [4.78, 5) is 0. The first-order chi connectivity index (χ1) is 13.4. The van der Waals surface area contributed by atoms with E-state index < -0.39 is 6.36 Å². The third-order valence-corrected chi connectivity index (χ3v) is 7.63. The van der Waals surface area contributed by atoms with Crippen molar-refractivity contribution in [2.45, 2.75) is 70.6 Å². The Morgan fingerprint density at radius 1 is 0.857 bits per heavy atom. The van der Waals surface area contributed by atoms with E-state index >= 15 is 0 Å². The molecule has 6 atom stereocenters. The van der Waals surface area contributed by atoms with Gasteiger partial charge in [0.05, 0.1) is 0 Å². The Morgan fingerprint density at radius 3 is 2.14 bits per heavy atom. The maximum absolute atomic E-state index is 12.4. The molecule has 1 nitrogen and oxygen atoms in total. The molecule has 3 saturated carbocycles. The van der Waals surface area contributed by atoms with Crippen LogP contribution in [0.1, 0.15) is 69.8 Å². The highest BCUT2D eigenvalue weighted by Crippen LogP contribution is 2.54. The van der Waals surface area contributed by atoms with Gasteiger partial charge >= 0.3 is 6.36 Å². The maximum atomic E-state index is 12.4. The first kappa shape index (κ1) is 19.8. The predicted molar refractivity (Wildman–Crippen MR) is 105 cm³/mol. The molecule has 28 heavy (non-hydrogen) atoms. The summed E-state index contributed by atoms with van der Waals surface area (Å²) < 4.78 is 41.1. The van der Waals surface area contributed by atoms with E-state index in [-0.39, 0.29) is 5.75 Å². The minimum absolute atomic E-state index is 0.122. The highest BCUT2D eigenvalue weighted by molar-refractivity contribution is 5.30. The number of hydrogen-bond acceptors (Lipinski definition) is 1. The summed E-state index contributed by atoms with van der Waals surface area (Å²) in [6.07, 6.45) is 10.5. The molecule has 154 valence electrons. The smallest absolute Gasteiger partial charge is 0.406 e. The van der Waals surface area contributed by atoms with E-state index in [4.69, 9.17) is 0 Å². The van der Waals surface area contributed by atoms with Crippen LogP contribution in [-0.4, -0.2) is 6.36 Å². The van der Waals surface area contributed by atoms with E-state index in [2.05, 4.69) is 23.8 Å². The molecule has 1 aromatic rings. The maximum Gasteiger partial charge on any atom is 0.573 e. The van der Waals surface area contributed by atoms with Crippen LogP contribution < -0.4 is 4.74 Å². The molecule has 3 aliphatic carbocycles. The van der Waals surface area contributed by atoms with Crippen molar-refractivity contribution in [3.63, 3.8) is 0 Å². The van der Waals surface area contributed by atoms with Gasteiger partial charge in [-0.15, -0.1) is 13.2 Å². The number of benzene rings is 1. The average Bonchev–Trinajstić information content (AvgIpc) is 2.67. The Hall–Kier alpha value is -1.45. The molecule has 0 amide bonds. The topological polar surface area (TPSA) is 9.23 Å². The fourth-order valence-electron chi connectivity index (χ4n) is 6.52. The van der Waals surface area contributed by atoms with Gasteiger partial charge in [0, 0.05) is 0 Å². The van der Waals surface area contributed by atoms with Crippen LogP contribution in [-0.2, 0) is 0 Å². The van der Waals surface area contributed by atoms with Crippen LogP contribution in [0.4, 0.5) is 13.2 Å². The number of ether oxygens (including phenoxy) is 1. The lowest BCUT2D eigenvalue weighted by Gasteiger charge is -2.50. The molecular formula is C24H31F3O. The van der Waals surface area contributed by atoms with Gasteiger partial charge in [-0.05, 0) is 111 Å². The Bertz CT molecular complexity index is 678. The summed E-state index contributed by atoms with van der Waals surface area (Å²) in [7, 11) is 0. The van der Waals surface area contributed by atoms with Crippen LogP contribution in [0, 0.1) is 29.6 Å². The Labute approximate surface area is 166 Å². The number of halogens is 3. The van der Waals surface area contributed by atoms with Crippen LogP contribution in [0.25, 0.3) is 0 Å². The van der Waals surface area contributed by atoms with Crippen molar-refractivity contribution in [2.24, 2.45) is 29.6 Å². The fraction of sp³-hybridized carbons (Fsp3) is 0.667. The second-order valence-corrected chi connectivity index (χ2v) is 9.15. The molecule has 0 saturated heterocycles. The van der Waals surface area contributed by atoms with Crippen molar-refractivity contribution >= 4 is 0 Å². The van der Waals surface area contributed by atoms with Gasteiger partial charge in [0.2, 0.25) is 0 Å². The molecule has 0 N–H and O–H groups in total. The standard InChI is InChI=1S/C24H31F3O/c1-2-3-16-4-12-22-19(14-16)5-6-20-15-18(9-13-23(20)22)17-7-10-21(11-8-17)28-24(25,26)27/h2-3,7-8,10-11,16,18-20,22-23H,4-6,9,12-15H2,1H3. The van der Waals surface area contributed by atoms with E-state index in [9.17, 15) is 13.2 Å². The molecule has 4 rings (SSSR count). The summed E-state index contributed by atoms with van der Waals surface area (Å²) in [5.41, 5.74) is 1.17. The van der Waals surface area contributed by atoms with Crippen molar-refractivity contribution in [1.29, 1.82) is 0 Å². The lowest BCUT2D eigenvalue weighted by molar-refractivity contribution is -0.274. The Kier molecular flexibility index (Phi) is 5.76.